The molecule has 3 rings (SSSR count). The molecular weight excluding hydrogens is 444 g/mol. The lowest BCUT2D eigenvalue weighted by Gasteiger charge is -2.49. The molecule has 2 fully saturated rings. The lowest BCUT2D eigenvalue weighted by atomic mass is 9.57. The van der Waals surface area contributed by atoms with E-state index < -0.39 is 23.5 Å². The summed E-state index contributed by atoms with van der Waals surface area (Å²) in [5.74, 6) is -0.213. The Bertz CT molecular complexity index is 807. The number of alkyl carbamates (subject to hydrolysis) is 1. The van der Waals surface area contributed by atoms with Crippen molar-refractivity contribution in [1.29, 1.82) is 0 Å². The summed E-state index contributed by atoms with van der Waals surface area (Å²) < 4.78 is 11.3. The Hall–Kier alpha value is -2.12. The van der Waals surface area contributed by atoms with Gasteiger partial charge in [-0.1, -0.05) is 43.9 Å². The number of nitrogens with one attached hydrogen (secondary N) is 1. The summed E-state index contributed by atoms with van der Waals surface area (Å²) in [5.41, 5.74) is -0.438. The smallest absolute Gasteiger partial charge is 0.407 e. The molecule has 0 aliphatic heterocycles. The van der Waals surface area contributed by atoms with Crippen LogP contribution in [0.4, 0.5) is 4.79 Å². The average molecular weight is 489 g/mol. The van der Waals surface area contributed by atoms with Gasteiger partial charge in [-0.2, -0.15) is 0 Å². The van der Waals surface area contributed by atoms with Gasteiger partial charge in [0.15, 0.2) is 0 Å². The van der Waals surface area contributed by atoms with Crippen LogP contribution in [-0.2, 0) is 9.53 Å². The molecule has 35 heavy (non-hydrogen) atoms. The summed E-state index contributed by atoms with van der Waals surface area (Å²) in [7, 11) is 4.02. The number of aliphatic hydroxyl groups excluding tert-OH is 1. The number of carbonyl (C=O) groups excluding carboxylic acids is 2. The molecule has 1 aromatic rings. The van der Waals surface area contributed by atoms with E-state index in [-0.39, 0.29) is 23.9 Å². The van der Waals surface area contributed by atoms with Crippen LogP contribution in [0.1, 0.15) is 65.2 Å². The van der Waals surface area contributed by atoms with E-state index in [0.29, 0.717) is 18.8 Å². The number of para-hydroxylation sites is 1. The quantitative estimate of drug-likeness (QED) is 0.389. The normalized spacial score (nSPS) is 25.2. The van der Waals surface area contributed by atoms with Crippen molar-refractivity contribution in [3.05, 3.63) is 30.3 Å². The highest BCUT2D eigenvalue weighted by Crippen LogP contribution is 2.50. The SMILES string of the molecule is CC(C)OC(=O)NCC1(C(C(=O)Oc2ccccc2)C2CCCC(O)C2CN(C)C)CCCCC1. The molecule has 0 bridgehead atoms. The Kier molecular flexibility index (Phi) is 9.99. The highest BCUT2D eigenvalue weighted by atomic mass is 16.6. The lowest BCUT2D eigenvalue weighted by Crippen LogP contribution is -2.54. The van der Waals surface area contributed by atoms with Gasteiger partial charge >= 0.3 is 12.1 Å². The highest BCUT2D eigenvalue weighted by molar-refractivity contribution is 5.77. The number of carbonyl (C=O) groups is 2. The summed E-state index contributed by atoms with van der Waals surface area (Å²) >= 11 is 0. The molecule has 1 aromatic carbocycles. The molecule has 196 valence electrons. The fourth-order valence-corrected chi connectivity index (χ4v) is 6.27. The molecule has 7 heteroatoms. The monoisotopic (exact) mass is 488 g/mol. The van der Waals surface area contributed by atoms with Gasteiger partial charge in [0.1, 0.15) is 5.75 Å². The zero-order valence-corrected chi connectivity index (χ0v) is 21.9. The summed E-state index contributed by atoms with van der Waals surface area (Å²) in [6.07, 6.45) is 6.18. The minimum atomic E-state index is -0.456. The Morgan fingerprint density at radius 3 is 2.40 bits per heavy atom. The first-order chi connectivity index (χ1) is 16.7. The predicted octanol–water partition coefficient (Wildman–Crippen LogP) is 4.63. The number of hydrogen-bond acceptors (Lipinski definition) is 6. The van der Waals surface area contributed by atoms with Crippen molar-refractivity contribution in [2.45, 2.75) is 77.4 Å². The third-order valence-electron chi connectivity index (χ3n) is 7.74. The van der Waals surface area contributed by atoms with Crippen LogP contribution in [0.15, 0.2) is 30.3 Å². The molecular formula is C28H44N2O5. The Morgan fingerprint density at radius 2 is 1.77 bits per heavy atom. The van der Waals surface area contributed by atoms with Crippen LogP contribution in [0.2, 0.25) is 0 Å². The van der Waals surface area contributed by atoms with Crippen LogP contribution in [-0.4, -0.2) is 61.5 Å². The van der Waals surface area contributed by atoms with E-state index in [4.69, 9.17) is 9.47 Å². The van der Waals surface area contributed by atoms with Gasteiger partial charge in [0.25, 0.3) is 0 Å². The first-order valence-corrected chi connectivity index (χ1v) is 13.3. The Labute approximate surface area is 210 Å². The zero-order chi connectivity index (χ0) is 25.4. The van der Waals surface area contributed by atoms with Gasteiger partial charge in [0.2, 0.25) is 0 Å². The molecule has 4 unspecified atom stereocenters. The maximum absolute atomic E-state index is 14.0. The second-order valence-corrected chi connectivity index (χ2v) is 11.0. The second-order valence-electron chi connectivity index (χ2n) is 11.0. The molecule has 0 saturated heterocycles. The first-order valence-electron chi connectivity index (χ1n) is 13.3. The number of aliphatic hydroxyl groups is 1. The molecule has 0 aromatic heterocycles. The topological polar surface area (TPSA) is 88.1 Å². The van der Waals surface area contributed by atoms with Crippen LogP contribution < -0.4 is 10.1 Å². The van der Waals surface area contributed by atoms with E-state index in [1.807, 2.05) is 46.1 Å². The van der Waals surface area contributed by atoms with Crippen molar-refractivity contribution in [1.82, 2.24) is 10.2 Å². The van der Waals surface area contributed by atoms with Gasteiger partial charge in [-0.3, -0.25) is 4.79 Å². The second kappa shape index (κ2) is 12.7. The van der Waals surface area contributed by atoms with E-state index in [2.05, 4.69) is 10.2 Å². The number of hydrogen-bond donors (Lipinski definition) is 2. The summed E-state index contributed by atoms with van der Waals surface area (Å²) in [4.78, 5) is 28.6. The number of ether oxygens (including phenoxy) is 2. The molecule has 7 nitrogen and oxygen atoms in total. The van der Waals surface area contributed by atoms with Crippen LogP contribution >= 0.6 is 0 Å². The molecule has 0 heterocycles. The van der Waals surface area contributed by atoms with Gasteiger partial charge in [0.05, 0.1) is 18.1 Å². The van der Waals surface area contributed by atoms with E-state index >= 15 is 0 Å². The van der Waals surface area contributed by atoms with Crippen molar-refractivity contribution in [3.8, 4) is 5.75 Å². The van der Waals surface area contributed by atoms with E-state index in [1.165, 1.54) is 0 Å². The van der Waals surface area contributed by atoms with Crippen molar-refractivity contribution < 1.29 is 24.2 Å². The Morgan fingerprint density at radius 1 is 1.09 bits per heavy atom. The molecule has 2 aliphatic rings. The van der Waals surface area contributed by atoms with Gasteiger partial charge in [0, 0.05) is 24.4 Å². The number of rotatable bonds is 9. The maximum atomic E-state index is 14.0. The van der Waals surface area contributed by atoms with E-state index in [0.717, 1.165) is 51.4 Å². The third kappa shape index (κ3) is 7.43. The largest absolute Gasteiger partial charge is 0.447 e. The lowest BCUT2D eigenvalue weighted by molar-refractivity contribution is -0.153. The van der Waals surface area contributed by atoms with Crippen molar-refractivity contribution in [3.63, 3.8) is 0 Å². The zero-order valence-electron chi connectivity index (χ0n) is 21.9. The molecule has 2 saturated carbocycles. The van der Waals surface area contributed by atoms with Crippen molar-refractivity contribution in [2.75, 3.05) is 27.2 Å². The van der Waals surface area contributed by atoms with Crippen LogP contribution in [0, 0.1) is 23.2 Å². The van der Waals surface area contributed by atoms with Crippen LogP contribution in [0.3, 0.4) is 0 Å². The molecule has 0 radical (unpaired) electrons. The molecule has 1 amide bonds. The fraction of sp³-hybridized carbons (Fsp3) is 0.714. The third-order valence-corrected chi connectivity index (χ3v) is 7.74. The summed E-state index contributed by atoms with van der Waals surface area (Å²) in [5, 5.41) is 14.0. The number of amides is 1. The molecule has 0 spiro atoms. The van der Waals surface area contributed by atoms with E-state index in [9.17, 15) is 14.7 Å². The minimum absolute atomic E-state index is 0.0293. The van der Waals surface area contributed by atoms with Crippen molar-refractivity contribution >= 4 is 12.1 Å². The van der Waals surface area contributed by atoms with Crippen molar-refractivity contribution in [2.24, 2.45) is 23.2 Å². The first kappa shape index (κ1) is 27.5. The Balaban J connectivity index is 1.97. The summed E-state index contributed by atoms with van der Waals surface area (Å²) in [6.45, 7) is 4.73. The van der Waals surface area contributed by atoms with Crippen LogP contribution in [0.25, 0.3) is 0 Å². The fourth-order valence-electron chi connectivity index (χ4n) is 6.27. The van der Waals surface area contributed by atoms with Gasteiger partial charge < -0.3 is 24.8 Å². The number of nitrogens with zero attached hydrogens (tertiary/aromatic N) is 1. The van der Waals surface area contributed by atoms with E-state index in [1.54, 1.807) is 12.1 Å². The van der Waals surface area contributed by atoms with Crippen LogP contribution in [0.5, 0.6) is 5.75 Å². The average Bonchev–Trinajstić information content (AvgIpc) is 2.81. The maximum Gasteiger partial charge on any atom is 0.407 e. The minimum Gasteiger partial charge on any atom is -0.447 e. The standard InChI is InChI=1S/C28H44N2O5/c1-20(2)34-27(33)29-19-28(16-9-6-10-17-28)25(26(32)35-21-12-7-5-8-13-21)22-14-11-15-24(31)23(22)18-30(3)4/h5,7-8,12-13,20,22-25,31H,6,9-11,14-19H2,1-4H3,(H,29,33). The van der Waals surface area contributed by atoms with Gasteiger partial charge in [-0.15, -0.1) is 0 Å². The molecule has 4 atom stereocenters. The molecule has 2 N–H and O–H groups in total. The highest BCUT2D eigenvalue weighted by Gasteiger charge is 2.52. The summed E-state index contributed by atoms with van der Waals surface area (Å²) in [6, 6.07) is 9.21. The predicted molar refractivity (Wildman–Crippen MR) is 136 cm³/mol. The number of benzene rings is 1. The molecule has 2 aliphatic carbocycles. The number of esters is 1. The van der Waals surface area contributed by atoms with Gasteiger partial charge in [-0.25, -0.2) is 4.79 Å². The van der Waals surface area contributed by atoms with Gasteiger partial charge in [-0.05, 0) is 71.7 Å².